The first-order chi connectivity index (χ1) is 18.1. The van der Waals surface area contributed by atoms with Gasteiger partial charge in [-0.1, -0.05) is 115 Å². The van der Waals surface area contributed by atoms with Crippen molar-refractivity contribution in [2.45, 2.75) is 122 Å². The summed E-state index contributed by atoms with van der Waals surface area (Å²) in [7, 11) is 0. The number of nitrogens with zero attached hydrogens (tertiary/aromatic N) is 1. The van der Waals surface area contributed by atoms with Crippen LogP contribution in [0.4, 0.5) is 0 Å². The summed E-state index contributed by atoms with van der Waals surface area (Å²) in [5, 5.41) is 0. The number of rotatable bonds is 15. The van der Waals surface area contributed by atoms with Crippen molar-refractivity contribution in [2.75, 3.05) is 13.1 Å². The number of carbonyl (C=O) groups excluding carboxylic acids is 1. The van der Waals surface area contributed by atoms with Crippen LogP contribution in [0.1, 0.15) is 128 Å². The third-order valence-electron chi connectivity index (χ3n) is 9.46. The number of fused-ring (bicyclic) bond motifs is 1. The van der Waals surface area contributed by atoms with Gasteiger partial charge in [0.2, 0.25) is 0 Å². The van der Waals surface area contributed by atoms with Gasteiger partial charge >= 0.3 is 5.97 Å². The standard InChI is InChI=1S/C34H51NO2/c1-4-7-10-11-25-35-26-24-34-22-13-21-33(34,27-35)23-20-29-30(34)16-12-17-31(29)37-32(36)19-18-28(14-8-5-2)15-9-6-3/h12,16-17,20,23-24,26,28H,4-11,13-15,18-19,21-22,25,27H2,1-3H3. The molecule has 3 aliphatic rings. The Kier molecular flexibility index (Phi) is 9.96. The predicted molar refractivity (Wildman–Crippen MR) is 156 cm³/mol. The molecule has 1 saturated carbocycles. The minimum absolute atomic E-state index is 0.0326. The summed E-state index contributed by atoms with van der Waals surface area (Å²) in [5.41, 5.74) is 2.69. The van der Waals surface area contributed by atoms with E-state index in [1.807, 2.05) is 6.07 Å². The summed E-state index contributed by atoms with van der Waals surface area (Å²) >= 11 is 0. The van der Waals surface area contributed by atoms with Gasteiger partial charge < -0.3 is 9.64 Å². The molecule has 1 aromatic carbocycles. The van der Waals surface area contributed by atoms with Crippen molar-refractivity contribution >= 4 is 12.0 Å². The monoisotopic (exact) mass is 505 g/mol. The van der Waals surface area contributed by atoms with Gasteiger partial charge in [0.1, 0.15) is 5.75 Å². The quantitative estimate of drug-likeness (QED) is 0.135. The van der Waals surface area contributed by atoms with E-state index in [4.69, 9.17) is 4.74 Å². The second kappa shape index (κ2) is 13.2. The highest BCUT2D eigenvalue weighted by Crippen LogP contribution is 2.62. The van der Waals surface area contributed by atoms with E-state index < -0.39 is 0 Å². The molecule has 37 heavy (non-hydrogen) atoms. The number of unbranched alkanes of at least 4 members (excludes halogenated alkanes) is 5. The van der Waals surface area contributed by atoms with Crippen LogP contribution in [-0.2, 0) is 10.2 Å². The van der Waals surface area contributed by atoms with E-state index in [0.29, 0.717) is 12.3 Å². The Balaban J connectivity index is 1.46. The zero-order valence-electron chi connectivity index (χ0n) is 23.9. The molecule has 0 aromatic heterocycles. The van der Waals surface area contributed by atoms with E-state index in [1.54, 1.807) is 0 Å². The Morgan fingerprint density at radius 2 is 1.73 bits per heavy atom. The summed E-state index contributed by atoms with van der Waals surface area (Å²) in [6.45, 7) is 9.04. The molecule has 2 unspecified atom stereocenters. The molecule has 204 valence electrons. The zero-order chi connectivity index (χ0) is 26.1. The maximum Gasteiger partial charge on any atom is 0.311 e. The molecule has 0 bridgehead atoms. The summed E-state index contributed by atoms with van der Waals surface area (Å²) < 4.78 is 6.07. The third kappa shape index (κ3) is 6.18. The minimum Gasteiger partial charge on any atom is -0.426 e. The topological polar surface area (TPSA) is 29.5 Å². The van der Waals surface area contributed by atoms with Gasteiger partial charge in [-0.3, -0.25) is 4.79 Å². The number of esters is 1. The van der Waals surface area contributed by atoms with Gasteiger partial charge in [-0.25, -0.2) is 0 Å². The van der Waals surface area contributed by atoms with Crippen LogP contribution < -0.4 is 4.74 Å². The SMILES string of the molecule is CCCCCCN1C=CC23CCCC2(C=Cc2c(OC(=O)CCC(CCCC)CCCC)cccc23)C1. The lowest BCUT2D eigenvalue weighted by atomic mass is 9.57. The molecular formula is C34H51NO2. The lowest BCUT2D eigenvalue weighted by Gasteiger charge is -2.51. The van der Waals surface area contributed by atoms with Gasteiger partial charge in [0.25, 0.3) is 0 Å². The molecule has 2 aliphatic carbocycles. The average molecular weight is 506 g/mol. The molecule has 0 radical (unpaired) electrons. The van der Waals surface area contributed by atoms with Gasteiger partial charge in [0.05, 0.1) is 0 Å². The molecule has 1 heterocycles. The average Bonchev–Trinajstić information content (AvgIpc) is 3.31. The fraction of sp³-hybridized carbons (Fsp3) is 0.676. The maximum absolute atomic E-state index is 13.0. The number of carbonyl (C=O) groups is 1. The van der Waals surface area contributed by atoms with Crippen molar-refractivity contribution in [3.63, 3.8) is 0 Å². The summed E-state index contributed by atoms with van der Waals surface area (Å²) in [4.78, 5) is 15.5. The summed E-state index contributed by atoms with van der Waals surface area (Å²) in [6.07, 6.45) is 27.4. The van der Waals surface area contributed by atoms with Crippen molar-refractivity contribution in [2.24, 2.45) is 11.3 Å². The van der Waals surface area contributed by atoms with Crippen molar-refractivity contribution in [1.29, 1.82) is 0 Å². The van der Waals surface area contributed by atoms with E-state index in [1.165, 1.54) is 89.0 Å². The normalized spacial score (nSPS) is 23.7. The van der Waals surface area contributed by atoms with E-state index in [2.05, 4.69) is 62.2 Å². The Morgan fingerprint density at radius 1 is 0.946 bits per heavy atom. The Bertz CT molecular complexity index is 941. The first-order valence-electron chi connectivity index (χ1n) is 15.5. The van der Waals surface area contributed by atoms with Crippen LogP contribution in [0.15, 0.2) is 36.6 Å². The fourth-order valence-corrected chi connectivity index (χ4v) is 7.30. The van der Waals surface area contributed by atoms with Crippen LogP contribution in [0, 0.1) is 11.3 Å². The van der Waals surface area contributed by atoms with Crippen molar-refractivity contribution in [3.8, 4) is 5.75 Å². The van der Waals surface area contributed by atoms with Crippen LogP contribution in [0.2, 0.25) is 0 Å². The van der Waals surface area contributed by atoms with Gasteiger partial charge in [0, 0.05) is 35.9 Å². The molecule has 3 nitrogen and oxygen atoms in total. The van der Waals surface area contributed by atoms with Gasteiger partial charge in [0.15, 0.2) is 0 Å². The van der Waals surface area contributed by atoms with Crippen LogP contribution in [0.3, 0.4) is 0 Å². The summed E-state index contributed by atoms with van der Waals surface area (Å²) in [5.74, 6) is 1.33. The number of hydrogen-bond donors (Lipinski definition) is 0. The third-order valence-corrected chi connectivity index (χ3v) is 9.46. The molecule has 0 spiro atoms. The van der Waals surface area contributed by atoms with E-state index in [9.17, 15) is 4.79 Å². The fourth-order valence-electron chi connectivity index (χ4n) is 7.30. The molecule has 0 saturated heterocycles. The summed E-state index contributed by atoms with van der Waals surface area (Å²) in [6, 6.07) is 6.40. The van der Waals surface area contributed by atoms with E-state index in [-0.39, 0.29) is 16.8 Å². The molecular weight excluding hydrogens is 454 g/mol. The number of allylic oxidation sites excluding steroid dienone is 1. The highest BCUT2D eigenvalue weighted by molar-refractivity contribution is 5.76. The van der Waals surface area contributed by atoms with Crippen LogP contribution in [0.5, 0.6) is 5.75 Å². The zero-order valence-corrected chi connectivity index (χ0v) is 23.9. The molecule has 1 aromatic rings. The highest BCUT2D eigenvalue weighted by atomic mass is 16.5. The second-order valence-electron chi connectivity index (χ2n) is 12.0. The lowest BCUT2D eigenvalue weighted by molar-refractivity contribution is -0.134. The van der Waals surface area contributed by atoms with Gasteiger partial charge in [-0.15, -0.1) is 0 Å². The van der Waals surface area contributed by atoms with E-state index in [0.717, 1.165) is 30.8 Å². The lowest BCUT2D eigenvalue weighted by Crippen LogP contribution is -2.50. The van der Waals surface area contributed by atoms with E-state index >= 15 is 0 Å². The first kappa shape index (κ1) is 28.0. The Hall–Kier alpha value is -2.03. The largest absolute Gasteiger partial charge is 0.426 e. The van der Waals surface area contributed by atoms with Crippen LogP contribution in [-0.4, -0.2) is 24.0 Å². The molecule has 1 aliphatic heterocycles. The molecule has 1 fully saturated rings. The highest BCUT2D eigenvalue weighted by Gasteiger charge is 2.57. The molecule has 0 amide bonds. The number of hydrogen-bond acceptors (Lipinski definition) is 3. The number of ether oxygens (including phenoxy) is 1. The maximum atomic E-state index is 13.0. The molecule has 2 atom stereocenters. The molecule has 3 heteroatoms. The predicted octanol–water partition coefficient (Wildman–Crippen LogP) is 9.21. The Morgan fingerprint density at radius 3 is 2.49 bits per heavy atom. The van der Waals surface area contributed by atoms with Crippen LogP contribution in [0.25, 0.3) is 6.08 Å². The van der Waals surface area contributed by atoms with Gasteiger partial charge in [-0.2, -0.15) is 0 Å². The Labute approximate surface area is 226 Å². The number of benzene rings is 1. The van der Waals surface area contributed by atoms with Crippen molar-refractivity contribution in [1.82, 2.24) is 4.90 Å². The van der Waals surface area contributed by atoms with Crippen molar-refractivity contribution < 1.29 is 9.53 Å². The van der Waals surface area contributed by atoms with Crippen molar-refractivity contribution in [3.05, 3.63) is 47.7 Å². The molecule has 4 rings (SSSR count). The smallest absolute Gasteiger partial charge is 0.311 e. The molecule has 0 N–H and O–H groups in total. The van der Waals surface area contributed by atoms with Crippen LogP contribution >= 0.6 is 0 Å². The second-order valence-corrected chi connectivity index (χ2v) is 12.0. The first-order valence-corrected chi connectivity index (χ1v) is 15.5. The minimum atomic E-state index is -0.0713. The van der Waals surface area contributed by atoms with Gasteiger partial charge in [-0.05, 0) is 49.4 Å².